The van der Waals surface area contributed by atoms with Crippen molar-refractivity contribution in [2.75, 3.05) is 13.2 Å². The smallest absolute Gasteiger partial charge is 0.276 e. The number of hydrazine groups is 1. The molecule has 0 aliphatic carbocycles. The molecule has 2 aromatic rings. The maximum Gasteiger partial charge on any atom is 0.276 e. The van der Waals surface area contributed by atoms with Crippen LogP contribution in [0.15, 0.2) is 48.5 Å². The van der Waals surface area contributed by atoms with Gasteiger partial charge in [0.25, 0.3) is 11.8 Å². The molecule has 2 aromatic carbocycles. The van der Waals surface area contributed by atoms with Gasteiger partial charge in [-0.05, 0) is 38.1 Å². The lowest BCUT2D eigenvalue weighted by atomic mass is 10.2. The molecular formula is C18H20N2O4. The molecule has 6 nitrogen and oxygen atoms in total. The first-order valence-corrected chi connectivity index (χ1v) is 7.49. The van der Waals surface area contributed by atoms with Gasteiger partial charge in [-0.3, -0.25) is 20.4 Å². The van der Waals surface area contributed by atoms with Gasteiger partial charge in [-0.15, -0.1) is 0 Å². The monoisotopic (exact) mass is 328 g/mol. The Morgan fingerprint density at radius 1 is 0.708 bits per heavy atom. The van der Waals surface area contributed by atoms with Crippen LogP contribution in [0.25, 0.3) is 0 Å². The summed E-state index contributed by atoms with van der Waals surface area (Å²) in [6, 6.07) is 14.6. The summed E-state index contributed by atoms with van der Waals surface area (Å²) < 4.78 is 10.6. The Hall–Kier alpha value is -3.02. The first-order chi connectivity index (χ1) is 11.5. The number of hydrogen-bond acceptors (Lipinski definition) is 4. The summed E-state index contributed by atoms with van der Waals surface area (Å²) in [5, 5.41) is 0. The van der Waals surface area contributed by atoms with Crippen LogP contribution in [0.2, 0.25) is 0 Å². The van der Waals surface area contributed by atoms with Crippen LogP contribution >= 0.6 is 0 Å². The predicted molar refractivity (Wildman–Crippen MR) is 89.6 cm³/mol. The van der Waals surface area contributed by atoms with Gasteiger partial charge in [0.1, 0.15) is 11.5 Å². The van der Waals surface area contributed by atoms with E-state index in [4.69, 9.17) is 9.47 Å². The van der Waals surface area contributed by atoms with Crippen LogP contribution in [0.5, 0.6) is 11.5 Å². The third kappa shape index (κ3) is 6.00. The van der Waals surface area contributed by atoms with E-state index in [2.05, 4.69) is 10.9 Å². The molecule has 24 heavy (non-hydrogen) atoms. The van der Waals surface area contributed by atoms with Gasteiger partial charge in [0.2, 0.25) is 0 Å². The van der Waals surface area contributed by atoms with Crippen LogP contribution < -0.4 is 20.3 Å². The van der Waals surface area contributed by atoms with Crippen molar-refractivity contribution < 1.29 is 19.1 Å². The molecule has 2 N–H and O–H groups in total. The molecule has 0 bridgehead atoms. The largest absolute Gasteiger partial charge is 0.484 e. The highest BCUT2D eigenvalue weighted by Crippen LogP contribution is 2.11. The Bertz CT molecular complexity index is 620. The first kappa shape index (κ1) is 17.3. The Kier molecular flexibility index (Phi) is 6.19. The van der Waals surface area contributed by atoms with E-state index in [1.807, 2.05) is 38.1 Å². The topological polar surface area (TPSA) is 76.7 Å². The van der Waals surface area contributed by atoms with Crippen molar-refractivity contribution in [3.05, 3.63) is 59.7 Å². The van der Waals surface area contributed by atoms with Crippen LogP contribution in [-0.2, 0) is 9.59 Å². The number of aryl methyl sites for hydroxylation is 2. The number of benzene rings is 2. The van der Waals surface area contributed by atoms with Gasteiger partial charge in [-0.25, -0.2) is 0 Å². The molecule has 6 heteroatoms. The lowest BCUT2D eigenvalue weighted by Crippen LogP contribution is -2.45. The fourth-order valence-corrected chi connectivity index (χ4v) is 1.78. The summed E-state index contributed by atoms with van der Waals surface area (Å²) >= 11 is 0. The fourth-order valence-electron chi connectivity index (χ4n) is 1.78. The second-order valence-corrected chi connectivity index (χ2v) is 5.30. The lowest BCUT2D eigenvalue weighted by molar-refractivity contribution is -0.131. The third-order valence-corrected chi connectivity index (χ3v) is 3.12. The minimum absolute atomic E-state index is 0.192. The number of rotatable bonds is 6. The van der Waals surface area contributed by atoms with Crippen molar-refractivity contribution >= 4 is 11.8 Å². The molecule has 0 aromatic heterocycles. The molecule has 0 aliphatic heterocycles. The fraction of sp³-hybridized carbons (Fsp3) is 0.222. The molecule has 0 saturated carbocycles. The molecule has 0 aliphatic rings. The lowest BCUT2D eigenvalue weighted by Gasteiger charge is -2.10. The molecule has 0 unspecified atom stereocenters. The van der Waals surface area contributed by atoms with E-state index in [-0.39, 0.29) is 13.2 Å². The van der Waals surface area contributed by atoms with Crippen LogP contribution in [0, 0.1) is 13.8 Å². The van der Waals surface area contributed by atoms with Gasteiger partial charge in [-0.1, -0.05) is 35.4 Å². The highest BCUT2D eigenvalue weighted by atomic mass is 16.5. The maximum atomic E-state index is 11.6. The molecule has 0 saturated heterocycles. The van der Waals surface area contributed by atoms with E-state index in [1.165, 1.54) is 0 Å². The first-order valence-electron chi connectivity index (χ1n) is 7.49. The minimum atomic E-state index is -0.459. The standard InChI is InChI=1S/C18H20N2O4/c1-13-3-7-15(8-4-13)23-11-17(21)19-20-18(22)12-24-16-9-5-14(2)6-10-16/h3-10H,11-12H2,1-2H3,(H,19,21)(H,20,22). The van der Waals surface area contributed by atoms with E-state index in [9.17, 15) is 9.59 Å². The summed E-state index contributed by atoms with van der Waals surface area (Å²) in [6.45, 7) is 3.54. The zero-order valence-electron chi connectivity index (χ0n) is 13.7. The normalized spacial score (nSPS) is 9.92. The highest BCUT2D eigenvalue weighted by molar-refractivity contribution is 5.83. The second-order valence-electron chi connectivity index (χ2n) is 5.30. The number of hydrogen-bond donors (Lipinski definition) is 2. The number of carbonyl (C=O) groups is 2. The van der Waals surface area contributed by atoms with Crippen LogP contribution in [0.3, 0.4) is 0 Å². The molecule has 0 atom stereocenters. The van der Waals surface area contributed by atoms with E-state index in [0.717, 1.165) is 11.1 Å². The predicted octanol–water partition coefficient (Wildman–Crippen LogP) is 1.91. The van der Waals surface area contributed by atoms with Crippen molar-refractivity contribution in [3.8, 4) is 11.5 Å². The summed E-state index contributed by atoms with van der Waals surface area (Å²) in [6.07, 6.45) is 0. The third-order valence-electron chi connectivity index (χ3n) is 3.12. The van der Waals surface area contributed by atoms with Crippen molar-refractivity contribution in [2.45, 2.75) is 13.8 Å². The Morgan fingerprint density at radius 2 is 1.04 bits per heavy atom. The van der Waals surface area contributed by atoms with Crippen LogP contribution in [0.4, 0.5) is 0 Å². The van der Waals surface area contributed by atoms with E-state index in [1.54, 1.807) is 24.3 Å². The van der Waals surface area contributed by atoms with Crippen LogP contribution in [0.1, 0.15) is 11.1 Å². The molecular weight excluding hydrogens is 308 g/mol. The summed E-state index contributed by atoms with van der Waals surface area (Å²) in [4.78, 5) is 23.2. The number of carbonyl (C=O) groups excluding carboxylic acids is 2. The van der Waals surface area contributed by atoms with Gasteiger partial charge in [0.05, 0.1) is 0 Å². The zero-order valence-corrected chi connectivity index (χ0v) is 13.7. The van der Waals surface area contributed by atoms with Gasteiger partial charge in [0, 0.05) is 0 Å². The molecule has 0 heterocycles. The van der Waals surface area contributed by atoms with Gasteiger partial charge >= 0.3 is 0 Å². The average Bonchev–Trinajstić information content (AvgIpc) is 2.59. The molecule has 0 radical (unpaired) electrons. The highest BCUT2D eigenvalue weighted by Gasteiger charge is 2.06. The molecule has 0 spiro atoms. The average molecular weight is 328 g/mol. The minimum Gasteiger partial charge on any atom is -0.484 e. The summed E-state index contributed by atoms with van der Waals surface area (Å²) in [5.74, 6) is 0.257. The quantitative estimate of drug-likeness (QED) is 0.794. The van der Waals surface area contributed by atoms with Crippen molar-refractivity contribution in [1.29, 1.82) is 0 Å². The summed E-state index contributed by atoms with van der Waals surface area (Å²) in [7, 11) is 0. The van der Waals surface area contributed by atoms with Gasteiger partial charge < -0.3 is 9.47 Å². The number of nitrogens with one attached hydrogen (secondary N) is 2. The van der Waals surface area contributed by atoms with Gasteiger partial charge in [-0.2, -0.15) is 0 Å². The van der Waals surface area contributed by atoms with Crippen molar-refractivity contribution in [3.63, 3.8) is 0 Å². The molecule has 2 amide bonds. The van der Waals surface area contributed by atoms with E-state index < -0.39 is 11.8 Å². The van der Waals surface area contributed by atoms with Crippen molar-refractivity contribution in [2.24, 2.45) is 0 Å². The second kappa shape index (κ2) is 8.57. The Morgan fingerprint density at radius 3 is 1.38 bits per heavy atom. The van der Waals surface area contributed by atoms with Gasteiger partial charge in [0.15, 0.2) is 13.2 Å². The summed E-state index contributed by atoms with van der Waals surface area (Å²) in [5.41, 5.74) is 6.74. The molecule has 2 rings (SSSR count). The van der Waals surface area contributed by atoms with Crippen LogP contribution in [-0.4, -0.2) is 25.0 Å². The van der Waals surface area contributed by atoms with E-state index >= 15 is 0 Å². The zero-order chi connectivity index (χ0) is 17.4. The Labute approximate surface area is 140 Å². The molecule has 0 fully saturated rings. The van der Waals surface area contributed by atoms with E-state index in [0.29, 0.717) is 11.5 Å². The Balaban J connectivity index is 1.64. The van der Waals surface area contributed by atoms with Crippen molar-refractivity contribution in [1.82, 2.24) is 10.9 Å². The number of amides is 2. The molecule has 126 valence electrons. The maximum absolute atomic E-state index is 11.6. The SMILES string of the molecule is Cc1ccc(OCC(=O)NNC(=O)COc2ccc(C)cc2)cc1. The number of ether oxygens (including phenoxy) is 2.